The number of carbonyl (C=O) groups is 1. The van der Waals surface area contributed by atoms with Crippen molar-refractivity contribution in [3.05, 3.63) is 96.1 Å². The number of aryl methyl sites for hydroxylation is 1. The van der Waals surface area contributed by atoms with Gasteiger partial charge >= 0.3 is 0 Å². The molecule has 0 N–H and O–H groups in total. The number of carbonyl (C=O) groups excluding carboxylic acids is 1. The van der Waals surface area contributed by atoms with Gasteiger partial charge in [-0.25, -0.2) is 4.68 Å². The van der Waals surface area contributed by atoms with Crippen LogP contribution in [0.4, 0.5) is 0 Å². The van der Waals surface area contributed by atoms with E-state index in [1.165, 1.54) is 5.56 Å². The Morgan fingerprint density at radius 1 is 1.00 bits per heavy atom. The number of hydrogen-bond donors (Lipinski definition) is 0. The van der Waals surface area contributed by atoms with Crippen molar-refractivity contribution < 1.29 is 9.53 Å². The summed E-state index contributed by atoms with van der Waals surface area (Å²) < 4.78 is 7.08. The summed E-state index contributed by atoms with van der Waals surface area (Å²) in [5, 5.41) is 5.65. The van der Waals surface area contributed by atoms with Crippen molar-refractivity contribution in [2.75, 3.05) is 7.11 Å². The average molecular weight is 425 g/mol. The van der Waals surface area contributed by atoms with Crippen LogP contribution in [-0.2, 0) is 0 Å². The van der Waals surface area contributed by atoms with Crippen molar-refractivity contribution in [3.63, 3.8) is 0 Å². The zero-order chi connectivity index (χ0) is 21.4. The minimum Gasteiger partial charge on any atom is -0.497 e. The molecule has 3 aromatic carbocycles. The molecule has 0 saturated carbocycles. The minimum absolute atomic E-state index is 0.0663. The number of hydrogen-bond acceptors (Lipinski definition) is 4. The lowest BCUT2D eigenvalue weighted by atomic mass is 10.1. The molecular weight excluding hydrogens is 404 g/mol. The maximum absolute atomic E-state index is 13.0. The van der Waals surface area contributed by atoms with Crippen molar-refractivity contribution >= 4 is 22.6 Å². The summed E-state index contributed by atoms with van der Waals surface area (Å²) in [6.45, 7) is 2.09. The third-order valence-corrected chi connectivity index (χ3v) is 6.32. The van der Waals surface area contributed by atoms with Gasteiger partial charge in [-0.3, -0.25) is 4.79 Å². The SMILES string of the molecule is COc1ccc(C(=O)/C=C2/Sc3ccc(C)cc3-c3cc(-c4ccccc4)nn32)cc1. The quantitative estimate of drug-likeness (QED) is 0.284. The summed E-state index contributed by atoms with van der Waals surface area (Å²) in [5.41, 5.74) is 5.85. The normalized spacial score (nSPS) is 13.5. The maximum Gasteiger partial charge on any atom is 0.188 e. The fourth-order valence-electron chi connectivity index (χ4n) is 3.62. The van der Waals surface area contributed by atoms with E-state index < -0.39 is 0 Å². The predicted molar refractivity (Wildman–Crippen MR) is 125 cm³/mol. The first kappa shape index (κ1) is 19.4. The molecule has 1 aliphatic heterocycles. The molecular formula is C26H20N2O2S. The predicted octanol–water partition coefficient (Wildman–Crippen LogP) is 6.32. The standard InChI is InChI=1S/C26H20N2O2S/c1-17-8-13-25-21(14-17)23-15-22(18-6-4-3-5-7-18)27-28(23)26(31-25)16-24(29)19-9-11-20(30-2)12-10-19/h3-16H,1-2H3/b26-16+. The van der Waals surface area contributed by atoms with Crippen molar-refractivity contribution in [1.29, 1.82) is 0 Å². The van der Waals surface area contributed by atoms with Gasteiger partial charge in [0.05, 0.1) is 18.5 Å². The molecule has 5 rings (SSSR count). The van der Waals surface area contributed by atoms with Gasteiger partial charge in [-0.15, -0.1) is 0 Å². The third kappa shape index (κ3) is 3.68. The highest BCUT2D eigenvalue weighted by Crippen LogP contribution is 2.45. The summed E-state index contributed by atoms with van der Waals surface area (Å²) in [6.07, 6.45) is 1.67. The van der Waals surface area contributed by atoms with Crippen LogP contribution in [0.15, 0.2) is 89.8 Å². The third-order valence-electron chi connectivity index (χ3n) is 5.24. The summed E-state index contributed by atoms with van der Waals surface area (Å²) in [4.78, 5) is 14.1. The Hall–Kier alpha value is -3.57. The first-order valence-corrected chi connectivity index (χ1v) is 10.8. The Kier molecular flexibility index (Phi) is 4.96. The molecule has 0 amide bonds. The first-order valence-electron chi connectivity index (χ1n) is 9.97. The number of thioether (sulfide) groups is 1. The molecule has 31 heavy (non-hydrogen) atoms. The van der Waals surface area contributed by atoms with Crippen LogP contribution in [0.1, 0.15) is 15.9 Å². The van der Waals surface area contributed by atoms with Gasteiger partial charge in [-0.1, -0.05) is 53.7 Å². The molecule has 0 radical (unpaired) electrons. The summed E-state index contributed by atoms with van der Waals surface area (Å²) in [7, 11) is 1.61. The van der Waals surface area contributed by atoms with Crippen LogP contribution in [0, 0.1) is 6.92 Å². The van der Waals surface area contributed by atoms with Gasteiger partial charge in [0.2, 0.25) is 0 Å². The molecule has 0 unspecified atom stereocenters. The molecule has 1 aliphatic rings. The second kappa shape index (κ2) is 7.93. The topological polar surface area (TPSA) is 44.1 Å². The maximum atomic E-state index is 13.0. The highest BCUT2D eigenvalue weighted by atomic mass is 32.2. The second-order valence-corrected chi connectivity index (χ2v) is 8.43. The van der Waals surface area contributed by atoms with E-state index in [2.05, 4.69) is 31.2 Å². The van der Waals surface area contributed by atoms with E-state index in [1.54, 1.807) is 49.2 Å². The van der Waals surface area contributed by atoms with Gasteiger partial charge in [0.25, 0.3) is 0 Å². The van der Waals surface area contributed by atoms with E-state index >= 15 is 0 Å². The Bertz CT molecular complexity index is 1310. The Morgan fingerprint density at radius 2 is 1.77 bits per heavy atom. The zero-order valence-electron chi connectivity index (χ0n) is 17.2. The summed E-state index contributed by atoms with van der Waals surface area (Å²) in [6, 6.07) is 25.7. The number of fused-ring (bicyclic) bond motifs is 3. The average Bonchev–Trinajstić information content (AvgIpc) is 3.26. The largest absolute Gasteiger partial charge is 0.497 e. The number of methoxy groups -OCH3 is 1. The number of benzene rings is 3. The lowest BCUT2D eigenvalue weighted by molar-refractivity contribution is 0.104. The van der Waals surface area contributed by atoms with Crippen molar-refractivity contribution in [1.82, 2.24) is 9.78 Å². The fraction of sp³-hybridized carbons (Fsp3) is 0.0769. The summed E-state index contributed by atoms with van der Waals surface area (Å²) >= 11 is 1.56. The van der Waals surface area contributed by atoms with Crippen molar-refractivity contribution in [3.8, 4) is 28.3 Å². The second-order valence-electron chi connectivity index (χ2n) is 7.37. The monoisotopic (exact) mass is 424 g/mol. The van der Waals surface area contributed by atoms with Crippen LogP contribution in [-0.4, -0.2) is 22.7 Å². The van der Waals surface area contributed by atoms with Crippen LogP contribution < -0.4 is 4.74 Å². The van der Waals surface area contributed by atoms with Gasteiger partial charge in [0.15, 0.2) is 5.78 Å². The van der Waals surface area contributed by atoms with E-state index in [4.69, 9.17) is 9.84 Å². The van der Waals surface area contributed by atoms with E-state index in [0.29, 0.717) is 5.56 Å². The number of ketones is 1. The van der Waals surface area contributed by atoms with Gasteiger partial charge in [-0.2, -0.15) is 5.10 Å². The van der Waals surface area contributed by atoms with Gasteiger partial charge < -0.3 is 4.74 Å². The van der Waals surface area contributed by atoms with E-state index in [0.717, 1.165) is 38.2 Å². The summed E-state index contributed by atoms with van der Waals surface area (Å²) in [5.74, 6) is 0.658. The van der Waals surface area contributed by atoms with Crippen LogP contribution in [0.5, 0.6) is 5.75 Å². The first-order chi connectivity index (χ1) is 15.1. The van der Waals surface area contributed by atoms with E-state index in [-0.39, 0.29) is 5.78 Å². The molecule has 0 aliphatic carbocycles. The molecule has 0 fully saturated rings. The molecule has 0 bridgehead atoms. The number of allylic oxidation sites excluding steroid dienone is 1. The van der Waals surface area contributed by atoms with Gasteiger partial charge in [0, 0.05) is 27.7 Å². The molecule has 5 heteroatoms. The molecule has 0 spiro atoms. The smallest absolute Gasteiger partial charge is 0.188 e. The highest BCUT2D eigenvalue weighted by Gasteiger charge is 2.24. The molecule has 4 nitrogen and oxygen atoms in total. The highest BCUT2D eigenvalue weighted by molar-refractivity contribution is 8.08. The van der Waals surface area contributed by atoms with Gasteiger partial charge in [0.1, 0.15) is 10.8 Å². The van der Waals surface area contributed by atoms with Gasteiger partial charge in [-0.05, 0) is 49.4 Å². The molecule has 4 aromatic rings. The van der Waals surface area contributed by atoms with E-state index in [1.807, 2.05) is 35.0 Å². The fourth-order valence-corrected chi connectivity index (χ4v) is 4.65. The number of ether oxygens (including phenoxy) is 1. The zero-order valence-corrected chi connectivity index (χ0v) is 18.0. The minimum atomic E-state index is -0.0663. The number of rotatable bonds is 4. The van der Waals surface area contributed by atoms with Crippen LogP contribution in [0.3, 0.4) is 0 Å². The van der Waals surface area contributed by atoms with Crippen molar-refractivity contribution in [2.24, 2.45) is 0 Å². The lowest BCUT2D eigenvalue weighted by Gasteiger charge is -2.20. The molecule has 2 heterocycles. The molecule has 152 valence electrons. The molecule has 0 saturated heterocycles. The Labute approximate surface area is 185 Å². The van der Waals surface area contributed by atoms with Crippen LogP contribution >= 0.6 is 11.8 Å². The molecule has 0 atom stereocenters. The van der Waals surface area contributed by atoms with Crippen LogP contribution in [0.2, 0.25) is 0 Å². The van der Waals surface area contributed by atoms with E-state index in [9.17, 15) is 4.79 Å². The van der Waals surface area contributed by atoms with Crippen molar-refractivity contribution in [2.45, 2.75) is 11.8 Å². The Balaban J connectivity index is 1.61. The number of nitrogens with zero attached hydrogens (tertiary/aromatic N) is 2. The molecule has 1 aromatic heterocycles. The number of aromatic nitrogens is 2. The Morgan fingerprint density at radius 3 is 2.52 bits per heavy atom. The lowest BCUT2D eigenvalue weighted by Crippen LogP contribution is -2.07. The van der Waals surface area contributed by atoms with Crippen LogP contribution in [0.25, 0.3) is 27.5 Å².